The van der Waals surface area contributed by atoms with Crippen molar-refractivity contribution >= 4 is 0 Å². The highest BCUT2D eigenvalue weighted by Crippen LogP contribution is 2.14. The van der Waals surface area contributed by atoms with E-state index >= 15 is 0 Å². The minimum absolute atomic E-state index is 0.187. The van der Waals surface area contributed by atoms with Crippen LogP contribution in [0.2, 0.25) is 0 Å². The van der Waals surface area contributed by atoms with Gasteiger partial charge in [0.2, 0.25) is 0 Å². The van der Waals surface area contributed by atoms with E-state index in [0.717, 1.165) is 0 Å². The van der Waals surface area contributed by atoms with E-state index in [-0.39, 0.29) is 5.70 Å². The standard InChI is InChI=1S/C6H5F2N/c1-4-2-5(6(7)8)9-3-4/h2,6H,1H3. The average molecular weight is 129 g/mol. The summed E-state index contributed by atoms with van der Waals surface area (Å²) in [6.07, 6.45) is 1.28. The highest BCUT2D eigenvalue weighted by Gasteiger charge is 2.14. The Morgan fingerprint density at radius 2 is 2.33 bits per heavy atom. The van der Waals surface area contributed by atoms with Gasteiger partial charge in [0.25, 0.3) is 6.43 Å². The van der Waals surface area contributed by atoms with Gasteiger partial charge in [-0.25, -0.2) is 14.1 Å². The van der Waals surface area contributed by atoms with Crippen LogP contribution >= 0.6 is 0 Å². The van der Waals surface area contributed by atoms with E-state index in [4.69, 9.17) is 0 Å². The van der Waals surface area contributed by atoms with Crippen LogP contribution in [-0.4, -0.2) is 6.43 Å². The number of nitrogens with zero attached hydrogens (tertiary/aromatic N) is 1. The van der Waals surface area contributed by atoms with E-state index in [1.54, 1.807) is 6.92 Å². The van der Waals surface area contributed by atoms with Gasteiger partial charge >= 0.3 is 0 Å². The molecule has 0 spiro atoms. The monoisotopic (exact) mass is 129 g/mol. The molecule has 0 fully saturated rings. The Labute approximate surface area is 52.1 Å². The van der Waals surface area contributed by atoms with Crippen molar-refractivity contribution < 1.29 is 8.78 Å². The molecule has 0 aromatic rings. The summed E-state index contributed by atoms with van der Waals surface area (Å²) < 4.78 is 23.4. The summed E-state index contributed by atoms with van der Waals surface area (Å²) in [5, 5.41) is 3.34. The van der Waals surface area contributed by atoms with Crippen molar-refractivity contribution in [2.45, 2.75) is 13.3 Å². The molecule has 0 saturated carbocycles. The largest absolute Gasteiger partial charge is 0.280 e. The average Bonchev–Trinajstić information content (AvgIpc) is 2.14. The number of hydrogen-bond acceptors (Lipinski definition) is 0. The molecule has 1 aliphatic heterocycles. The zero-order chi connectivity index (χ0) is 6.85. The van der Waals surface area contributed by atoms with Gasteiger partial charge in [-0.2, -0.15) is 0 Å². The molecule has 1 nitrogen and oxygen atoms in total. The number of rotatable bonds is 1. The first-order valence-electron chi connectivity index (χ1n) is 2.50. The number of allylic oxidation sites excluding steroid dienone is 3. The highest BCUT2D eigenvalue weighted by molar-refractivity contribution is 5.26. The van der Waals surface area contributed by atoms with Gasteiger partial charge in [0.05, 0.1) is 6.20 Å². The van der Waals surface area contributed by atoms with Crippen LogP contribution in [0.3, 0.4) is 0 Å². The summed E-state index contributed by atoms with van der Waals surface area (Å²) in [4.78, 5) is 0. The summed E-state index contributed by atoms with van der Waals surface area (Å²) >= 11 is 0. The first-order valence-corrected chi connectivity index (χ1v) is 2.50. The highest BCUT2D eigenvalue weighted by atomic mass is 19.3. The third-order valence-electron chi connectivity index (χ3n) is 0.949. The minimum atomic E-state index is -2.46. The molecule has 0 bridgehead atoms. The summed E-state index contributed by atoms with van der Waals surface area (Å²) in [6.45, 7) is 1.68. The molecule has 0 saturated heterocycles. The quantitative estimate of drug-likeness (QED) is 0.509. The third kappa shape index (κ3) is 1.28. The molecular weight excluding hydrogens is 124 g/mol. The number of alkyl halides is 2. The second-order valence-corrected chi connectivity index (χ2v) is 1.78. The van der Waals surface area contributed by atoms with Crippen molar-refractivity contribution in [3.63, 3.8) is 0 Å². The van der Waals surface area contributed by atoms with Gasteiger partial charge in [0, 0.05) is 0 Å². The van der Waals surface area contributed by atoms with E-state index in [1.807, 2.05) is 0 Å². The lowest BCUT2D eigenvalue weighted by Gasteiger charge is -1.94. The van der Waals surface area contributed by atoms with E-state index in [9.17, 15) is 8.78 Å². The van der Waals surface area contributed by atoms with E-state index in [0.29, 0.717) is 5.57 Å². The zero-order valence-corrected chi connectivity index (χ0v) is 4.86. The molecule has 1 heterocycles. The van der Waals surface area contributed by atoms with Crippen molar-refractivity contribution in [2.24, 2.45) is 0 Å². The lowest BCUT2D eigenvalue weighted by molar-refractivity contribution is 0.183. The maximum atomic E-state index is 11.7. The fourth-order valence-corrected chi connectivity index (χ4v) is 0.551. The van der Waals surface area contributed by atoms with Crippen LogP contribution in [0.25, 0.3) is 0 Å². The maximum Gasteiger partial charge on any atom is 0.280 e. The van der Waals surface area contributed by atoms with Crippen molar-refractivity contribution in [3.05, 3.63) is 23.5 Å². The van der Waals surface area contributed by atoms with Crippen LogP contribution in [0.1, 0.15) is 6.92 Å². The molecule has 0 N–H and O–H groups in total. The van der Waals surface area contributed by atoms with Gasteiger partial charge in [0.1, 0.15) is 5.70 Å². The predicted molar refractivity (Wildman–Crippen MR) is 28.7 cm³/mol. The summed E-state index contributed by atoms with van der Waals surface area (Å²) in [5.41, 5.74) is 0.470. The number of hydrogen-bond donors (Lipinski definition) is 0. The van der Waals surface area contributed by atoms with Gasteiger partial charge in [-0.3, -0.25) is 0 Å². The molecule has 9 heavy (non-hydrogen) atoms. The summed E-state index contributed by atoms with van der Waals surface area (Å²) in [6, 6.07) is 0. The van der Waals surface area contributed by atoms with Crippen LogP contribution in [0.4, 0.5) is 8.78 Å². The Balaban J connectivity index is 2.60. The van der Waals surface area contributed by atoms with E-state index < -0.39 is 6.43 Å². The van der Waals surface area contributed by atoms with E-state index in [2.05, 4.69) is 11.5 Å². The molecule has 0 aliphatic carbocycles. The fourth-order valence-electron chi connectivity index (χ4n) is 0.551. The molecule has 0 aromatic carbocycles. The molecule has 0 amide bonds. The van der Waals surface area contributed by atoms with Gasteiger partial charge in [-0.15, -0.1) is 0 Å². The van der Waals surface area contributed by atoms with Crippen molar-refractivity contribution in [1.29, 1.82) is 0 Å². The third-order valence-corrected chi connectivity index (χ3v) is 0.949. The normalized spacial score (nSPS) is 17.3. The summed E-state index contributed by atoms with van der Waals surface area (Å²) in [5.74, 6) is 0. The SMILES string of the molecule is CC1=[C][N]C(C(F)F)=C1. The Morgan fingerprint density at radius 1 is 1.67 bits per heavy atom. The Hall–Kier alpha value is -0.860. The second kappa shape index (κ2) is 2.17. The van der Waals surface area contributed by atoms with Crippen molar-refractivity contribution in [1.82, 2.24) is 5.32 Å². The first-order chi connectivity index (χ1) is 4.20. The Morgan fingerprint density at radius 3 is 2.56 bits per heavy atom. The topological polar surface area (TPSA) is 14.1 Å². The van der Waals surface area contributed by atoms with Crippen LogP contribution in [0.15, 0.2) is 17.3 Å². The van der Waals surface area contributed by atoms with Crippen LogP contribution in [0.5, 0.6) is 0 Å². The van der Waals surface area contributed by atoms with Gasteiger partial charge in [-0.1, -0.05) is 0 Å². The Bertz CT molecular complexity index is 170. The molecule has 2 radical (unpaired) electrons. The molecule has 0 aromatic heterocycles. The predicted octanol–water partition coefficient (Wildman–Crippen LogP) is 1.46. The van der Waals surface area contributed by atoms with Gasteiger partial charge in [-0.05, 0) is 18.6 Å². The maximum absolute atomic E-state index is 11.7. The fraction of sp³-hybridized carbons (Fsp3) is 0.333. The first kappa shape index (κ1) is 6.26. The smallest absolute Gasteiger partial charge is 0.245 e. The van der Waals surface area contributed by atoms with Crippen molar-refractivity contribution in [2.75, 3.05) is 0 Å². The summed E-state index contributed by atoms with van der Waals surface area (Å²) in [7, 11) is 0. The molecule has 1 rings (SSSR count). The molecule has 1 aliphatic rings. The molecular formula is C6H5F2N. The van der Waals surface area contributed by atoms with Crippen molar-refractivity contribution in [3.8, 4) is 0 Å². The zero-order valence-electron chi connectivity index (χ0n) is 4.86. The molecule has 48 valence electrons. The lowest BCUT2D eigenvalue weighted by Crippen LogP contribution is -2.02. The molecule has 3 heteroatoms. The van der Waals surface area contributed by atoms with Gasteiger partial charge in [0.15, 0.2) is 0 Å². The van der Waals surface area contributed by atoms with Gasteiger partial charge < -0.3 is 0 Å². The molecule has 0 atom stereocenters. The van der Waals surface area contributed by atoms with E-state index in [1.165, 1.54) is 6.08 Å². The van der Waals surface area contributed by atoms with Crippen LogP contribution in [-0.2, 0) is 0 Å². The molecule has 0 unspecified atom stereocenters. The Kier molecular flexibility index (Phi) is 1.51. The van der Waals surface area contributed by atoms with Crippen LogP contribution in [0, 0.1) is 6.20 Å². The van der Waals surface area contributed by atoms with Crippen LogP contribution < -0.4 is 5.32 Å². The number of halogens is 2. The second-order valence-electron chi connectivity index (χ2n) is 1.78. The minimum Gasteiger partial charge on any atom is -0.245 e. The lowest BCUT2D eigenvalue weighted by atomic mass is 10.3.